The van der Waals surface area contributed by atoms with Crippen LogP contribution in [0, 0.1) is 11.7 Å². The molecule has 0 spiro atoms. The van der Waals surface area contributed by atoms with E-state index in [0.717, 1.165) is 6.07 Å². The van der Waals surface area contributed by atoms with Crippen LogP contribution < -0.4 is 5.32 Å². The number of carbonyl (C=O) groups is 1. The van der Waals surface area contributed by atoms with Gasteiger partial charge in [0, 0.05) is 4.47 Å². The van der Waals surface area contributed by atoms with Crippen LogP contribution >= 0.6 is 15.9 Å². The molecular formula is C12H15BrFNO2. The quantitative estimate of drug-likeness (QED) is 0.897. The first kappa shape index (κ1) is 14.1. The van der Waals surface area contributed by atoms with E-state index in [0.29, 0.717) is 4.47 Å². The normalized spacial score (nSPS) is 12.6. The minimum atomic E-state index is -0.469. The molecule has 0 unspecified atom stereocenters. The number of carbonyl (C=O) groups excluding carboxylic acids is 1. The third-order valence-electron chi connectivity index (χ3n) is 2.49. The number of halogens is 2. The Kier molecular flexibility index (Phi) is 5.08. The third-order valence-corrected chi connectivity index (χ3v) is 3.18. The van der Waals surface area contributed by atoms with Crippen LogP contribution in [-0.2, 0) is 0 Å². The van der Waals surface area contributed by atoms with E-state index in [-0.39, 0.29) is 24.1 Å². The molecule has 0 heterocycles. The number of hydrogen-bond donors (Lipinski definition) is 2. The van der Waals surface area contributed by atoms with Gasteiger partial charge in [0.05, 0.1) is 18.2 Å². The zero-order valence-electron chi connectivity index (χ0n) is 9.71. The summed E-state index contributed by atoms with van der Waals surface area (Å²) in [5.74, 6) is -0.760. The maximum absolute atomic E-state index is 13.0. The highest BCUT2D eigenvalue weighted by Crippen LogP contribution is 2.18. The van der Waals surface area contributed by atoms with Crippen LogP contribution in [0.15, 0.2) is 22.7 Å². The molecule has 1 rings (SSSR count). The Hall–Kier alpha value is -0.940. The molecule has 5 heteroatoms. The van der Waals surface area contributed by atoms with Crippen molar-refractivity contribution in [1.29, 1.82) is 0 Å². The lowest BCUT2D eigenvalue weighted by Crippen LogP contribution is -2.41. The molecule has 17 heavy (non-hydrogen) atoms. The van der Waals surface area contributed by atoms with E-state index in [4.69, 9.17) is 5.11 Å². The lowest BCUT2D eigenvalue weighted by atomic mass is 10.0. The summed E-state index contributed by atoms with van der Waals surface area (Å²) in [5, 5.41) is 11.8. The van der Waals surface area contributed by atoms with Gasteiger partial charge < -0.3 is 10.4 Å². The van der Waals surface area contributed by atoms with Gasteiger partial charge in [0.1, 0.15) is 5.82 Å². The van der Waals surface area contributed by atoms with Crippen molar-refractivity contribution in [3.05, 3.63) is 34.1 Å². The molecule has 94 valence electrons. The second kappa shape index (κ2) is 6.12. The van der Waals surface area contributed by atoms with Crippen molar-refractivity contribution in [3.8, 4) is 0 Å². The lowest BCUT2D eigenvalue weighted by molar-refractivity contribution is 0.0895. The average molecular weight is 304 g/mol. The second-order valence-electron chi connectivity index (χ2n) is 4.13. The van der Waals surface area contributed by atoms with Gasteiger partial charge in [-0.2, -0.15) is 0 Å². The van der Waals surface area contributed by atoms with Gasteiger partial charge in [-0.05, 0) is 40.0 Å². The number of nitrogens with one attached hydrogen (secondary N) is 1. The van der Waals surface area contributed by atoms with Gasteiger partial charge in [-0.3, -0.25) is 4.79 Å². The molecule has 0 saturated carbocycles. The Balaban J connectivity index is 2.86. The molecular weight excluding hydrogens is 289 g/mol. The summed E-state index contributed by atoms with van der Waals surface area (Å²) in [7, 11) is 0. The summed E-state index contributed by atoms with van der Waals surface area (Å²) in [5.41, 5.74) is 0.226. The summed E-state index contributed by atoms with van der Waals surface area (Å²) in [4.78, 5) is 11.9. The monoisotopic (exact) mass is 303 g/mol. The standard InChI is InChI=1S/C12H15BrFNO2/c1-7(2)11(6-16)15-12(17)9-5-8(14)3-4-10(9)13/h3-5,7,11,16H,6H2,1-2H3,(H,15,17)/t11-/m1/s1. The predicted molar refractivity (Wildman–Crippen MR) is 67.3 cm³/mol. The summed E-state index contributed by atoms with van der Waals surface area (Å²) in [6, 6.07) is 3.58. The SMILES string of the molecule is CC(C)[C@@H](CO)NC(=O)c1cc(F)ccc1Br. The first-order valence-corrected chi connectivity index (χ1v) is 6.11. The van der Waals surface area contributed by atoms with Crippen molar-refractivity contribution in [2.75, 3.05) is 6.61 Å². The lowest BCUT2D eigenvalue weighted by Gasteiger charge is -2.20. The molecule has 1 atom stereocenters. The largest absolute Gasteiger partial charge is 0.394 e. The first-order valence-electron chi connectivity index (χ1n) is 5.32. The average Bonchev–Trinajstić information content (AvgIpc) is 2.28. The van der Waals surface area contributed by atoms with Crippen molar-refractivity contribution in [2.45, 2.75) is 19.9 Å². The zero-order valence-corrected chi connectivity index (χ0v) is 11.3. The molecule has 0 aliphatic carbocycles. The molecule has 1 aromatic rings. The fourth-order valence-electron chi connectivity index (χ4n) is 1.34. The van der Waals surface area contributed by atoms with Crippen LogP contribution in [0.25, 0.3) is 0 Å². The zero-order chi connectivity index (χ0) is 13.0. The summed E-state index contributed by atoms with van der Waals surface area (Å²) >= 11 is 3.19. The van der Waals surface area contributed by atoms with Crippen molar-refractivity contribution in [1.82, 2.24) is 5.32 Å². The van der Waals surface area contributed by atoms with Crippen LogP contribution in [0.2, 0.25) is 0 Å². The number of amides is 1. The fourth-order valence-corrected chi connectivity index (χ4v) is 1.77. The van der Waals surface area contributed by atoms with Crippen molar-refractivity contribution >= 4 is 21.8 Å². The molecule has 0 radical (unpaired) electrons. The Labute approximate surface area is 108 Å². The van der Waals surface area contributed by atoms with E-state index in [1.54, 1.807) is 0 Å². The molecule has 0 aliphatic rings. The van der Waals surface area contributed by atoms with Crippen LogP contribution in [0.3, 0.4) is 0 Å². The summed E-state index contributed by atoms with van der Waals surface area (Å²) < 4.78 is 13.6. The maximum atomic E-state index is 13.0. The van der Waals surface area contributed by atoms with Crippen molar-refractivity contribution < 1.29 is 14.3 Å². The van der Waals surface area contributed by atoms with Gasteiger partial charge in [0.15, 0.2) is 0 Å². The Morgan fingerprint density at radius 2 is 2.18 bits per heavy atom. The van der Waals surface area contributed by atoms with E-state index >= 15 is 0 Å². The minimum Gasteiger partial charge on any atom is -0.394 e. The molecule has 0 saturated heterocycles. The van der Waals surface area contributed by atoms with Crippen LogP contribution in [0.4, 0.5) is 4.39 Å². The van der Waals surface area contributed by atoms with Gasteiger partial charge >= 0.3 is 0 Å². The highest BCUT2D eigenvalue weighted by molar-refractivity contribution is 9.10. The number of benzene rings is 1. The number of aliphatic hydroxyl groups excluding tert-OH is 1. The first-order chi connectivity index (χ1) is 7.95. The molecule has 0 aromatic heterocycles. The highest BCUT2D eigenvalue weighted by atomic mass is 79.9. The third kappa shape index (κ3) is 3.78. The summed E-state index contributed by atoms with van der Waals surface area (Å²) in [6.07, 6.45) is 0. The van der Waals surface area contributed by atoms with E-state index in [2.05, 4.69) is 21.2 Å². The number of rotatable bonds is 4. The smallest absolute Gasteiger partial charge is 0.252 e. The van der Waals surface area contributed by atoms with Crippen LogP contribution in [0.5, 0.6) is 0 Å². The molecule has 1 aromatic carbocycles. The van der Waals surface area contributed by atoms with E-state index in [1.165, 1.54) is 12.1 Å². The van der Waals surface area contributed by atoms with Gasteiger partial charge in [-0.25, -0.2) is 4.39 Å². The topological polar surface area (TPSA) is 49.3 Å². The molecule has 0 bridgehead atoms. The second-order valence-corrected chi connectivity index (χ2v) is 4.99. The minimum absolute atomic E-state index is 0.108. The van der Waals surface area contributed by atoms with Gasteiger partial charge in [-0.15, -0.1) is 0 Å². The molecule has 1 amide bonds. The molecule has 2 N–H and O–H groups in total. The van der Waals surface area contributed by atoms with E-state index in [9.17, 15) is 9.18 Å². The fraction of sp³-hybridized carbons (Fsp3) is 0.417. The van der Waals surface area contributed by atoms with Gasteiger partial charge in [0.25, 0.3) is 5.91 Å². The van der Waals surface area contributed by atoms with Crippen molar-refractivity contribution in [2.24, 2.45) is 5.92 Å². The van der Waals surface area contributed by atoms with Crippen LogP contribution in [0.1, 0.15) is 24.2 Å². The Morgan fingerprint density at radius 3 is 2.71 bits per heavy atom. The molecule has 0 aliphatic heterocycles. The van der Waals surface area contributed by atoms with Crippen molar-refractivity contribution in [3.63, 3.8) is 0 Å². The van der Waals surface area contributed by atoms with E-state index in [1.807, 2.05) is 13.8 Å². The number of aliphatic hydroxyl groups is 1. The van der Waals surface area contributed by atoms with E-state index < -0.39 is 11.7 Å². The molecule has 3 nitrogen and oxygen atoms in total. The Bertz CT molecular complexity index is 409. The van der Waals surface area contributed by atoms with Gasteiger partial charge in [-0.1, -0.05) is 13.8 Å². The maximum Gasteiger partial charge on any atom is 0.252 e. The molecule has 0 fully saturated rings. The predicted octanol–water partition coefficient (Wildman–Crippen LogP) is 2.33. The Morgan fingerprint density at radius 1 is 1.53 bits per heavy atom. The van der Waals surface area contributed by atoms with Gasteiger partial charge in [0.2, 0.25) is 0 Å². The number of hydrogen-bond acceptors (Lipinski definition) is 2. The highest BCUT2D eigenvalue weighted by Gasteiger charge is 2.18. The van der Waals surface area contributed by atoms with Crippen LogP contribution in [-0.4, -0.2) is 23.7 Å². The summed E-state index contributed by atoms with van der Waals surface area (Å²) in [6.45, 7) is 3.64.